The van der Waals surface area contributed by atoms with Gasteiger partial charge in [-0.25, -0.2) is 4.39 Å². The van der Waals surface area contributed by atoms with E-state index < -0.39 is 11.7 Å². The monoisotopic (exact) mass is 245 g/mol. The number of halogens is 1. The third kappa shape index (κ3) is 2.45. The summed E-state index contributed by atoms with van der Waals surface area (Å²) >= 11 is 0. The minimum atomic E-state index is -0.606. The number of rotatable bonds is 2. The number of aryl methyl sites for hydroxylation is 1. The molecule has 1 amide bonds. The molecule has 0 atom stereocenters. The minimum absolute atomic E-state index is 0.0177. The quantitative estimate of drug-likeness (QED) is 0.798. The molecule has 0 saturated carbocycles. The number of carbonyl (C=O) groups excluding carboxylic acids is 1. The summed E-state index contributed by atoms with van der Waals surface area (Å²) < 4.78 is 13.2. The van der Waals surface area contributed by atoms with Gasteiger partial charge in [-0.1, -0.05) is 0 Å². The molecule has 18 heavy (non-hydrogen) atoms. The number of hydrogen-bond donors (Lipinski definition) is 2. The lowest BCUT2D eigenvalue weighted by Crippen LogP contribution is -2.13. The first-order valence-corrected chi connectivity index (χ1v) is 5.35. The number of nitrogen functional groups attached to an aromatic ring is 1. The molecule has 1 aromatic heterocycles. The molecule has 92 valence electrons. The number of amides is 1. The number of aromatic nitrogens is 1. The first-order chi connectivity index (χ1) is 8.58. The molecule has 2 aromatic rings. The number of carbonyl (C=O) groups is 1. The third-order valence-corrected chi connectivity index (χ3v) is 2.55. The van der Waals surface area contributed by atoms with Gasteiger partial charge in [-0.3, -0.25) is 9.78 Å². The van der Waals surface area contributed by atoms with E-state index >= 15 is 0 Å². The molecule has 0 unspecified atom stereocenters. The number of nitrogens with one attached hydrogen (secondary N) is 1. The van der Waals surface area contributed by atoms with E-state index in [0.29, 0.717) is 5.69 Å². The van der Waals surface area contributed by atoms with Gasteiger partial charge in [-0.15, -0.1) is 0 Å². The van der Waals surface area contributed by atoms with Crippen molar-refractivity contribution >= 4 is 17.3 Å². The zero-order valence-corrected chi connectivity index (χ0v) is 9.77. The molecule has 5 heteroatoms. The number of nitrogens with zero attached hydrogens (tertiary/aromatic N) is 1. The standard InChI is InChI=1S/C13H12FN3O/c1-8-4-5-16-7-12(8)17-13(18)9-2-3-11(15)10(14)6-9/h2-7H,15H2,1H3,(H,17,18). The number of anilines is 2. The maximum absolute atomic E-state index is 13.2. The highest BCUT2D eigenvalue weighted by Crippen LogP contribution is 2.16. The highest BCUT2D eigenvalue weighted by atomic mass is 19.1. The number of nitrogens with two attached hydrogens (primary N) is 1. The highest BCUT2D eigenvalue weighted by Gasteiger charge is 2.09. The Labute approximate surface area is 104 Å². The van der Waals surface area contributed by atoms with E-state index in [0.717, 1.165) is 11.6 Å². The van der Waals surface area contributed by atoms with Crippen molar-refractivity contribution in [1.82, 2.24) is 4.98 Å². The van der Waals surface area contributed by atoms with Crippen molar-refractivity contribution in [2.45, 2.75) is 6.92 Å². The Balaban J connectivity index is 2.22. The predicted octanol–water partition coefficient (Wildman–Crippen LogP) is 2.36. The van der Waals surface area contributed by atoms with Crippen molar-refractivity contribution in [3.63, 3.8) is 0 Å². The van der Waals surface area contributed by atoms with Crippen LogP contribution < -0.4 is 11.1 Å². The Kier molecular flexibility index (Phi) is 3.23. The lowest BCUT2D eigenvalue weighted by Gasteiger charge is -2.07. The molecular weight excluding hydrogens is 233 g/mol. The van der Waals surface area contributed by atoms with E-state index in [9.17, 15) is 9.18 Å². The molecule has 0 bridgehead atoms. The van der Waals surface area contributed by atoms with Crippen LogP contribution in [0.4, 0.5) is 15.8 Å². The number of pyridine rings is 1. The van der Waals surface area contributed by atoms with Gasteiger partial charge in [0.15, 0.2) is 0 Å². The van der Waals surface area contributed by atoms with Crippen molar-refractivity contribution in [3.8, 4) is 0 Å². The van der Waals surface area contributed by atoms with Crippen molar-refractivity contribution in [2.24, 2.45) is 0 Å². The summed E-state index contributed by atoms with van der Waals surface area (Å²) in [6.07, 6.45) is 3.18. The topological polar surface area (TPSA) is 68.0 Å². The maximum atomic E-state index is 13.2. The van der Waals surface area contributed by atoms with Crippen molar-refractivity contribution < 1.29 is 9.18 Å². The minimum Gasteiger partial charge on any atom is -0.396 e. The third-order valence-electron chi connectivity index (χ3n) is 2.55. The lowest BCUT2D eigenvalue weighted by atomic mass is 10.1. The molecule has 0 saturated heterocycles. The van der Waals surface area contributed by atoms with Crippen LogP contribution in [0.3, 0.4) is 0 Å². The van der Waals surface area contributed by atoms with E-state index in [2.05, 4.69) is 10.3 Å². The molecule has 0 radical (unpaired) electrons. The Morgan fingerprint density at radius 1 is 1.39 bits per heavy atom. The van der Waals surface area contributed by atoms with Crippen LogP contribution in [0.1, 0.15) is 15.9 Å². The van der Waals surface area contributed by atoms with Crippen molar-refractivity contribution in [3.05, 3.63) is 53.6 Å². The van der Waals surface area contributed by atoms with Gasteiger partial charge in [0.1, 0.15) is 5.82 Å². The second-order valence-corrected chi connectivity index (χ2v) is 3.88. The van der Waals surface area contributed by atoms with Crippen LogP contribution >= 0.6 is 0 Å². The molecule has 3 N–H and O–H groups in total. The van der Waals surface area contributed by atoms with E-state index in [1.807, 2.05) is 6.92 Å². The summed E-state index contributed by atoms with van der Waals surface area (Å²) in [5.41, 5.74) is 7.06. The van der Waals surface area contributed by atoms with Gasteiger partial charge in [0.25, 0.3) is 5.91 Å². The molecule has 1 heterocycles. The van der Waals surface area contributed by atoms with E-state index in [-0.39, 0.29) is 11.3 Å². The summed E-state index contributed by atoms with van der Waals surface area (Å²) in [6.45, 7) is 1.85. The molecule has 0 aliphatic rings. The van der Waals surface area contributed by atoms with Crippen molar-refractivity contribution in [1.29, 1.82) is 0 Å². The number of benzene rings is 1. The Hall–Kier alpha value is -2.43. The van der Waals surface area contributed by atoms with Gasteiger partial charge in [0.2, 0.25) is 0 Å². The summed E-state index contributed by atoms with van der Waals surface area (Å²) in [4.78, 5) is 15.8. The molecule has 0 spiro atoms. The SMILES string of the molecule is Cc1ccncc1NC(=O)c1ccc(N)c(F)c1. The first kappa shape index (κ1) is 12.0. The van der Waals surface area contributed by atoms with Crippen molar-refractivity contribution in [2.75, 3.05) is 11.1 Å². The van der Waals surface area contributed by atoms with Gasteiger partial charge in [0, 0.05) is 11.8 Å². The molecule has 0 aliphatic heterocycles. The van der Waals surface area contributed by atoms with Crippen LogP contribution in [0.5, 0.6) is 0 Å². The van der Waals surface area contributed by atoms with Crippen LogP contribution in [0, 0.1) is 12.7 Å². The van der Waals surface area contributed by atoms with Gasteiger partial charge in [-0.2, -0.15) is 0 Å². The Morgan fingerprint density at radius 2 is 2.17 bits per heavy atom. The average molecular weight is 245 g/mol. The Morgan fingerprint density at radius 3 is 2.83 bits per heavy atom. The lowest BCUT2D eigenvalue weighted by molar-refractivity contribution is 0.102. The van der Waals surface area contributed by atoms with E-state index in [1.54, 1.807) is 18.5 Å². The summed E-state index contributed by atoms with van der Waals surface area (Å²) in [5.74, 6) is -1.00. The van der Waals surface area contributed by atoms with Gasteiger partial charge in [-0.05, 0) is 36.8 Å². The molecule has 0 fully saturated rings. The second kappa shape index (κ2) is 4.83. The fourth-order valence-corrected chi connectivity index (χ4v) is 1.46. The van der Waals surface area contributed by atoms with Gasteiger partial charge >= 0.3 is 0 Å². The van der Waals surface area contributed by atoms with Crippen LogP contribution in [0.15, 0.2) is 36.7 Å². The Bertz CT molecular complexity index is 599. The maximum Gasteiger partial charge on any atom is 0.255 e. The van der Waals surface area contributed by atoms with E-state index in [4.69, 9.17) is 5.73 Å². The molecule has 4 nitrogen and oxygen atoms in total. The fraction of sp³-hybridized carbons (Fsp3) is 0.0769. The summed E-state index contributed by atoms with van der Waals surface area (Å²) in [6, 6.07) is 5.72. The van der Waals surface area contributed by atoms with Crippen LogP contribution in [0.2, 0.25) is 0 Å². The largest absolute Gasteiger partial charge is 0.396 e. The summed E-state index contributed by atoms with van der Waals surface area (Å²) in [5, 5.41) is 2.66. The summed E-state index contributed by atoms with van der Waals surface area (Å²) in [7, 11) is 0. The molecule has 1 aromatic carbocycles. The van der Waals surface area contributed by atoms with Gasteiger partial charge in [0.05, 0.1) is 17.6 Å². The molecular formula is C13H12FN3O. The van der Waals surface area contributed by atoms with Crippen LogP contribution in [0.25, 0.3) is 0 Å². The molecule has 2 rings (SSSR count). The fourth-order valence-electron chi connectivity index (χ4n) is 1.46. The van der Waals surface area contributed by atoms with Crippen LogP contribution in [-0.2, 0) is 0 Å². The zero-order chi connectivity index (χ0) is 13.1. The van der Waals surface area contributed by atoms with Crippen LogP contribution in [-0.4, -0.2) is 10.9 Å². The predicted molar refractivity (Wildman–Crippen MR) is 67.7 cm³/mol. The normalized spacial score (nSPS) is 10.1. The second-order valence-electron chi connectivity index (χ2n) is 3.88. The number of hydrogen-bond acceptors (Lipinski definition) is 3. The van der Waals surface area contributed by atoms with Gasteiger partial charge < -0.3 is 11.1 Å². The molecule has 0 aliphatic carbocycles. The van der Waals surface area contributed by atoms with E-state index in [1.165, 1.54) is 12.1 Å². The smallest absolute Gasteiger partial charge is 0.255 e. The average Bonchev–Trinajstić information content (AvgIpc) is 2.35. The zero-order valence-electron chi connectivity index (χ0n) is 9.77. The highest BCUT2D eigenvalue weighted by molar-refractivity contribution is 6.04. The first-order valence-electron chi connectivity index (χ1n) is 5.35.